The third kappa shape index (κ3) is 78.2. The van der Waals surface area contributed by atoms with Gasteiger partial charge in [0.15, 0.2) is 12.2 Å². The second-order valence-electron chi connectivity index (χ2n) is 31.1. The molecule has 0 heterocycles. The van der Waals surface area contributed by atoms with Crippen LogP contribution in [0.2, 0.25) is 0 Å². The van der Waals surface area contributed by atoms with E-state index in [9.17, 15) is 43.2 Å². The number of aliphatic hydroxyl groups excluding tert-OH is 1. The van der Waals surface area contributed by atoms with Crippen molar-refractivity contribution in [1.29, 1.82) is 0 Å². The Hall–Kier alpha value is -1.94. The Morgan fingerprint density at radius 1 is 0.260 bits per heavy atom. The summed E-state index contributed by atoms with van der Waals surface area (Å²) in [6, 6.07) is 0. The number of aliphatic hydroxyl groups is 1. The molecule has 0 aliphatic carbocycles. The van der Waals surface area contributed by atoms with Crippen LogP contribution in [0.3, 0.4) is 0 Å². The van der Waals surface area contributed by atoms with Gasteiger partial charge in [0.05, 0.1) is 26.4 Å². The highest BCUT2D eigenvalue weighted by molar-refractivity contribution is 7.47. The van der Waals surface area contributed by atoms with Gasteiger partial charge in [0.1, 0.15) is 19.3 Å². The number of ether oxygens (including phenoxy) is 4. The molecule has 0 fully saturated rings. The largest absolute Gasteiger partial charge is 0.472 e. The highest BCUT2D eigenvalue weighted by Crippen LogP contribution is 2.45. The van der Waals surface area contributed by atoms with E-state index < -0.39 is 97.5 Å². The molecule has 0 rings (SSSR count). The van der Waals surface area contributed by atoms with Gasteiger partial charge in [-0.2, -0.15) is 0 Å². The van der Waals surface area contributed by atoms with Crippen LogP contribution >= 0.6 is 15.6 Å². The predicted octanol–water partition coefficient (Wildman–Crippen LogP) is 26.0. The lowest BCUT2D eigenvalue weighted by Gasteiger charge is -2.21. The quantitative estimate of drug-likeness (QED) is 0.0222. The summed E-state index contributed by atoms with van der Waals surface area (Å²) in [5.74, 6) is -1.38. The Balaban J connectivity index is 5.22. The minimum absolute atomic E-state index is 0.108. The second kappa shape index (κ2) is 77.8. The summed E-state index contributed by atoms with van der Waals surface area (Å²) in [5.41, 5.74) is 0. The standard InChI is InChI=1S/C85H166O17P2/c1-6-9-12-15-18-21-24-27-29-31-33-34-35-36-38-40-43-46-49-56-61-66-71-85(90)101-80(74-95-82(87)68-63-58-53-47-44-42-39-37-32-30-28-25-22-19-16-13-10-7-2)76-99-103(91,92)97-72-79(86)73-98-104(93,94)100-77-81(75-96-83(88)69-64-59-54-51-50-52-57-62-67-78(4)5)102-84(89)70-65-60-55-48-45-41-26-23-20-17-14-11-8-3/h78-81,86H,6-77H2,1-5H3,(H,91,92)(H,93,94)/t79-,80-,81-/m1/s1. The lowest BCUT2D eigenvalue weighted by Crippen LogP contribution is -2.30. The lowest BCUT2D eigenvalue weighted by atomic mass is 10.0. The maximum atomic E-state index is 13.1. The van der Waals surface area contributed by atoms with Crippen molar-refractivity contribution < 1.29 is 80.2 Å². The molecule has 618 valence electrons. The van der Waals surface area contributed by atoms with Gasteiger partial charge in [-0.3, -0.25) is 37.3 Å². The third-order valence-corrected chi connectivity index (χ3v) is 21.9. The van der Waals surface area contributed by atoms with Crippen molar-refractivity contribution in [2.24, 2.45) is 5.92 Å². The first kappa shape index (κ1) is 102. The molecule has 0 bridgehead atoms. The van der Waals surface area contributed by atoms with E-state index in [1.54, 1.807) is 0 Å². The average Bonchev–Trinajstić information content (AvgIpc) is 0.903. The van der Waals surface area contributed by atoms with Crippen molar-refractivity contribution in [3.63, 3.8) is 0 Å². The molecule has 3 N–H and O–H groups in total. The Bertz CT molecular complexity index is 1980. The van der Waals surface area contributed by atoms with Crippen molar-refractivity contribution >= 4 is 39.5 Å². The molecular formula is C85H166O17P2. The minimum Gasteiger partial charge on any atom is -0.462 e. The predicted molar refractivity (Wildman–Crippen MR) is 428 cm³/mol. The van der Waals surface area contributed by atoms with E-state index in [2.05, 4.69) is 34.6 Å². The summed E-state index contributed by atoms with van der Waals surface area (Å²) in [4.78, 5) is 73.2. The first-order valence-electron chi connectivity index (χ1n) is 44.1. The monoisotopic (exact) mass is 1520 g/mol. The van der Waals surface area contributed by atoms with Crippen molar-refractivity contribution in [3.05, 3.63) is 0 Å². The Morgan fingerprint density at radius 2 is 0.442 bits per heavy atom. The van der Waals surface area contributed by atoms with Gasteiger partial charge >= 0.3 is 39.5 Å². The summed E-state index contributed by atoms with van der Waals surface area (Å²) < 4.78 is 68.8. The van der Waals surface area contributed by atoms with Gasteiger partial charge in [0.2, 0.25) is 0 Å². The zero-order valence-corrected chi connectivity index (χ0v) is 70.0. The Labute approximate surface area is 638 Å². The molecule has 0 saturated carbocycles. The molecule has 17 nitrogen and oxygen atoms in total. The average molecular weight is 1520 g/mol. The fraction of sp³-hybridized carbons (Fsp3) is 0.953. The zero-order valence-electron chi connectivity index (χ0n) is 68.2. The summed E-state index contributed by atoms with van der Waals surface area (Å²) in [6.45, 7) is 7.32. The summed E-state index contributed by atoms with van der Waals surface area (Å²) in [5, 5.41) is 10.7. The molecule has 0 aromatic heterocycles. The number of phosphoric acid groups is 2. The third-order valence-electron chi connectivity index (χ3n) is 20.0. The van der Waals surface area contributed by atoms with E-state index in [1.807, 2.05) is 0 Å². The van der Waals surface area contributed by atoms with Crippen LogP contribution in [0.5, 0.6) is 0 Å². The molecule has 104 heavy (non-hydrogen) atoms. The van der Waals surface area contributed by atoms with Gasteiger partial charge in [-0.15, -0.1) is 0 Å². The van der Waals surface area contributed by atoms with E-state index in [1.165, 1.54) is 283 Å². The Kier molecular flexibility index (Phi) is 76.3. The maximum absolute atomic E-state index is 13.1. The molecule has 0 aliphatic heterocycles. The summed E-state index contributed by atoms with van der Waals surface area (Å²) >= 11 is 0. The topological polar surface area (TPSA) is 237 Å². The Morgan fingerprint density at radius 3 is 0.654 bits per heavy atom. The molecular weight excluding hydrogens is 1350 g/mol. The molecule has 0 aromatic rings. The summed E-state index contributed by atoms with van der Waals surface area (Å²) in [7, 11) is -9.92. The molecule has 0 aliphatic rings. The number of hydrogen-bond acceptors (Lipinski definition) is 15. The van der Waals surface area contributed by atoms with E-state index in [-0.39, 0.29) is 25.7 Å². The number of esters is 4. The van der Waals surface area contributed by atoms with Crippen molar-refractivity contribution in [3.8, 4) is 0 Å². The van der Waals surface area contributed by atoms with Gasteiger partial charge in [0.25, 0.3) is 0 Å². The second-order valence-corrected chi connectivity index (χ2v) is 34.0. The van der Waals surface area contributed by atoms with Gasteiger partial charge in [-0.25, -0.2) is 9.13 Å². The first-order valence-corrected chi connectivity index (χ1v) is 47.1. The normalized spacial score (nSPS) is 13.8. The van der Waals surface area contributed by atoms with Crippen LogP contribution in [0.15, 0.2) is 0 Å². The minimum atomic E-state index is -4.96. The molecule has 0 amide bonds. The van der Waals surface area contributed by atoms with Crippen LogP contribution in [0.1, 0.15) is 458 Å². The summed E-state index contributed by atoms with van der Waals surface area (Å²) in [6.07, 6.45) is 70.9. The number of phosphoric ester groups is 2. The highest BCUT2D eigenvalue weighted by Gasteiger charge is 2.30. The fourth-order valence-corrected chi connectivity index (χ4v) is 14.9. The number of carbonyl (C=O) groups is 4. The van der Waals surface area contributed by atoms with Crippen LogP contribution in [0, 0.1) is 5.92 Å². The van der Waals surface area contributed by atoms with E-state index in [4.69, 9.17) is 37.0 Å². The SMILES string of the molecule is CCCCCCCCCCCCCCCCCCCCCCCCC(=O)O[C@H](COC(=O)CCCCCCCCCCCCCCCCCCCC)COP(=O)(O)OC[C@@H](O)COP(=O)(O)OC[C@@H](COC(=O)CCCCCCCCCCC(C)C)OC(=O)CCCCCCCCCCCCCCC. The number of rotatable bonds is 85. The zero-order chi connectivity index (χ0) is 76.2. The van der Waals surface area contributed by atoms with Crippen molar-refractivity contribution in [2.45, 2.75) is 477 Å². The smallest absolute Gasteiger partial charge is 0.462 e. The maximum Gasteiger partial charge on any atom is 0.472 e. The van der Waals surface area contributed by atoms with E-state index in [0.717, 1.165) is 95.8 Å². The van der Waals surface area contributed by atoms with Crippen LogP contribution < -0.4 is 0 Å². The van der Waals surface area contributed by atoms with Gasteiger partial charge < -0.3 is 33.8 Å². The first-order chi connectivity index (χ1) is 50.5. The molecule has 5 atom stereocenters. The number of unbranched alkanes of at least 4 members (excludes halogenated alkanes) is 57. The van der Waals surface area contributed by atoms with E-state index >= 15 is 0 Å². The van der Waals surface area contributed by atoms with Crippen LogP contribution in [0.4, 0.5) is 0 Å². The van der Waals surface area contributed by atoms with Gasteiger partial charge in [0, 0.05) is 25.7 Å². The van der Waals surface area contributed by atoms with Crippen LogP contribution in [-0.2, 0) is 65.4 Å². The molecule has 0 spiro atoms. The van der Waals surface area contributed by atoms with Crippen molar-refractivity contribution in [2.75, 3.05) is 39.6 Å². The molecule has 0 saturated heterocycles. The molecule has 0 radical (unpaired) electrons. The van der Waals surface area contributed by atoms with Crippen molar-refractivity contribution in [1.82, 2.24) is 0 Å². The molecule has 2 unspecified atom stereocenters. The molecule has 19 heteroatoms. The van der Waals surface area contributed by atoms with E-state index in [0.29, 0.717) is 25.7 Å². The fourth-order valence-electron chi connectivity index (χ4n) is 13.3. The number of carbonyl (C=O) groups excluding carboxylic acids is 4. The van der Waals surface area contributed by atoms with Crippen LogP contribution in [0.25, 0.3) is 0 Å². The highest BCUT2D eigenvalue weighted by atomic mass is 31.2. The molecule has 0 aromatic carbocycles. The van der Waals surface area contributed by atoms with Gasteiger partial charge in [-0.1, -0.05) is 407 Å². The van der Waals surface area contributed by atoms with Crippen LogP contribution in [-0.4, -0.2) is 96.7 Å². The van der Waals surface area contributed by atoms with Gasteiger partial charge in [-0.05, 0) is 31.6 Å². The lowest BCUT2D eigenvalue weighted by molar-refractivity contribution is -0.161. The number of hydrogen-bond donors (Lipinski definition) is 3.